The van der Waals surface area contributed by atoms with Crippen LogP contribution in [0.5, 0.6) is 0 Å². The molecule has 1 aromatic carbocycles. The molecule has 1 aromatic heterocycles. The molecule has 0 N–H and O–H groups in total. The fourth-order valence-electron chi connectivity index (χ4n) is 3.63. The van der Waals surface area contributed by atoms with Crippen LogP contribution in [0.15, 0.2) is 55.0 Å². The molecule has 2 heterocycles. The smallest absolute Gasteiger partial charge is 0.274 e. The van der Waals surface area contributed by atoms with Crippen molar-refractivity contribution in [2.75, 3.05) is 45.8 Å². The average molecular weight is 422 g/mol. The molecule has 3 rings (SSSR count). The molecule has 0 saturated carbocycles. The van der Waals surface area contributed by atoms with Gasteiger partial charge in [-0.1, -0.05) is 49.4 Å². The minimum atomic E-state index is -0.169. The third-order valence-corrected chi connectivity index (χ3v) is 5.36. The summed E-state index contributed by atoms with van der Waals surface area (Å²) in [5.41, 5.74) is 1.52. The van der Waals surface area contributed by atoms with Gasteiger partial charge in [-0.3, -0.25) is 19.5 Å². The van der Waals surface area contributed by atoms with Crippen molar-refractivity contribution < 1.29 is 9.59 Å². The number of carbonyl (C=O) groups excluding carboxylic acids is 2. The van der Waals surface area contributed by atoms with Crippen LogP contribution in [0.3, 0.4) is 0 Å². The summed E-state index contributed by atoms with van der Waals surface area (Å²) < 4.78 is 0. The highest BCUT2D eigenvalue weighted by Gasteiger charge is 2.22. The fraction of sp³-hybridized carbons (Fsp3) is 0.417. The Morgan fingerprint density at radius 2 is 1.84 bits per heavy atom. The van der Waals surface area contributed by atoms with Gasteiger partial charge in [-0.05, 0) is 12.0 Å². The number of piperazine rings is 1. The molecule has 0 bridgehead atoms. The zero-order valence-corrected chi connectivity index (χ0v) is 18.2. The molecular weight excluding hydrogens is 390 g/mol. The molecule has 0 radical (unpaired) electrons. The van der Waals surface area contributed by atoms with E-state index in [1.807, 2.05) is 30.0 Å². The van der Waals surface area contributed by atoms with Gasteiger partial charge < -0.3 is 9.80 Å². The predicted molar refractivity (Wildman–Crippen MR) is 121 cm³/mol. The Kier molecular flexibility index (Phi) is 8.72. The average Bonchev–Trinajstić information content (AvgIpc) is 2.83. The third kappa shape index (κ3) is 7.00. The molecule has 0 aliphatic carbocycles. The molecule has 1 aliphatic rings. The van der Waals surface area contributed by atoms with Gasteiger partial charge in [0.05, 0.1) is 6.20 Å². The molecule has 7 heteroatoms. The zero-order chi connectivity index (χ0) is 21.9. The second kappa shape index (κ2) is 12.0. The van der Waals surface area contributed by atoms with E-state index in [-0.39, 0.29) is 11.8 Å². The summed E-state index contributed by atoms with van der Waals surface area (Å²) in [7, 11) is 0. The number of amides is 2. The lowest BCUT2D eigenvalue weighted by Gasteiger charge is -2.34. The van der Waals surface area contributed by atoms with E-state index in [1.165, 1.54) is 18.0 Å². The van der Waals surface area contributed by atoms with E-state index in [0.717, 1.165) is 39.1 Å². The largest absolute Gasteiger partial charge is 0.340 e. The van der Waals surface area contributed by atoms with Gasteiger partial charge in [-0.25, -0.2) is 4.98 Å². The van der Waals surface area contributed by atoms with E-state index >= 15 is 0 Å². The molecule has 164 valence electrons. The predicted octanol–water partition coefficient (Wildman–Crippen LogP) is 2.58. The van der Waals surface area contributed by atoms with Crippen LogP contribution in [0.4, 0.5) is 0 Å². The van der Waals surface area contributed by atoms with Gasteiger partial charge in [0.2, 0.25) is 5.91 Å². The summed E-state index contributed by atoms with van der Waals surface area (Å²) in [6.07, 6.45) is 9.99. The number of benzene rings is 1. The van der Waals surface area contributed by atoms with E-state index in [4.69, 9.17) is 0 Å². The van der Waals surface area contributed by atoms with Gasteiger partial charge in [0.15, 0.2) is 0 Å². The first-order valence-electron chi connectivity index (χ1n) is 10.9. The zero-order valence-electron chi connectivity index (χ0n) is 18.2. The summed E-state index contributed by atoms with van der Waals surface area (Å²) in [6, 6.07) is 10.3. The number of aromatic nitrogens is 2. The Hall–Kier alpha value is -3.06. The van der Waals surface area contributed by atoms with Gasteiger partial charge in [0, 0.05) is 64.6 Å². The van der Waals surface area contributed by atoms with Crippen LogP contribution in [0.25, 0.3) is 6.08 Å². The molecular formula is C24H31N5O2. The van der Waals surface area contributed by atoms with Crippen LogP contribution in [0, 0.1) is 0 Å². The molecule has 0 unspecified atom stereocenters. The summed E-state index contributed by atoms with van der Waals surface area (Å²) in [4.78, 5) is 39.4. The van der Waals surface area contributed by atoms with Gasteiger partial charge >= 0.3 is 0 Å². The first-order valence-corrected chi connectivity index (χ1v) is 10.9. The minimum absolute atomic E-state index is 0.104. The van der Waals surface area contributed by atoms with Gasteiger partial charge in [0.25, 0.3) is 5.91 Å². The van der Waals surface area contributed by atoms with Crippen molar-refractivity contribution in [1.82, 2.24) is 24.7 Å². The quantitative estimate of drug-likeness (QED) is 0.622. The second-order valence-electron chi connectivity index (χ2n) is 7.63. The van der Waals surface area contributed by atoms with Crippen LogP contribution in [-0.4, -0.2) is 82.3 Å². The van der Waals surface area contributed by atoms with Gasteiger partial charge in [-0.2, -0.15) is 0 Å². The van der Waals surface area contributed by atoms with Crippen LogP contribution < -0.4 is 0 Å². The Morgan fingerprint density at radius 3 is 2.52 bits per heavy atom. The molecule has 0 spiro atoms. The maximum Gasteiger partial charge on any atom is 0.274 e. The SMILES string of the molecule is CCCN(CCC(=O)N1CCN(C/C=C/c2ccccc2)CC1)C(=O)c1cnccn1. The highest BCUT2D eigenvalue weighted by atomic mass is 16.2. The van der Waals surface area contributed by atoms with Crippen molar-refractivity contribution in [2.24, 2.45) is 0 Å². The van der Waals surface area contributed by atoms with Crippen molar-refractivity contribution in [1.29, 1.82) is 0 Å². The Morgan fingerprint density at radius 1 is 1.06 bits per heavy atom. The Bertz CT molecular complexity index is 849. The monoisotopic (exact) mass is 421 g/mol. The topological polar surface area (TPSA) is 69.6 Å². The molecule has 1 saturated heterocycles. The first kappa shape index (κ1) is 22.6. The van der Waals surface area contributed by atoms with Gasteiger partial charge in [0.1, 0.15) is 5.69 Å². The van der Waals surface area contributed by atoms with Crippen molar-refractivity contribution in [3.63, 3.8) is 0 Å². The third-order valence-electron chi connectivity index (χ3n) is 5.36. The normalized spacial score (nSPS) is 14.7. The molecule has 2 amide bonds. The summed E-state index contributed by atoms with van der Waals surface area (Å²) in [5, 5.41) is 0. The molecule has 7 nitrogen and oxygen atoms in total. The molecule has 1 aliphatic heterocycles. The highest BCUT2D eigenvalue weighted by Crippen LogP contribution is 2.08. The van der Waals surface area contributed by atoms with E-state index in [2.05, 4.69) is 39.2 Å². The number of nitrogens with zero attached hydrogens (tertiary/aromatic N) is 5. The van der Waals surface area contributed by atoms with Crippen LogP contribution in [0.2, 0.25) is 0 Å². The number of hydrogen-bond donors (Lipinski definition) is 0. The van der Waals surface area contributed by atoms with Crippen molar-refractivity contribution in [3.05, 3.63) is 66.3 Å². The second-order valence-corrected chi connectivity index (χ2v) is 7.63. The van der Waals surface area contributed by atoms with Crippen LogP contribution in [-0.2, 0) is 4.79 Å². The standard InChI is InChI=1S/C24H31N5O2/c1-2-13-29(24(31)22-20-25-11-12-26-22)15-10-23(30)28-18-16-27(17-19-28)14-6-9-21-7-4-3-5-8-21/h3-9,11-12,20H,2,10,13-19H2,1H3/b9-6+. The lowest BCUT2D eigenvalue weighted by Crippen LogP contribution is -2.49. The summed E-state index contributed by atoms with van der Waals surface area (Å²) in [5.74, 6) is -0.0645. The minimum Gasteiger partial charge on any atom is -0.340 e. The lowest BCUT2D eigenvalue weighted by atomic mass is 10.2. The lowest BCUT2D eigenvalue weighted by molar-refractivity contribution is -0.133. The van der Waals surface area contributed by atoms with Crippen LogP contribution >= 0.6 is 0 Å². The van der Waals surface area contributed by atoms with Crippen molar-refractivity contribution in [3.8, 4) is 0 Å². The maximum atomic E-state index is 12.7. The van der Waals surface area contributed by atoms with E-state index in [1.54, 1.807) is 11.1 Å². The summed E-state index contributed by atoms with van der Waals surface area (Å²) >= 11 is 0. The highest BCUT2D eigenvalue weighted by molar-refractivity contribution is 5.92. The molecule has 1 fully saturated rings. The number of carbonyl (C=O) groups is 2. The van der Waals surface area contributed by atoms with E-state index < -0.39 is 0 Å². The van der Waals surface area contributed by atoms with Crippen LogP contribution in [0.1, 0.15) is 35.8 Å². The number of hydrogen-bond acceptors (Lipinski definition) is 5. The first-order chi connectivity index (χ1) is 15.2. The maximum absolute atomic E-state index is 12.7. The summed E-state index contributed by atoms with van der Waals surface area (Å²) in [6.45, 7) is 7.09. The van der Waals surface area contributed by atoms with Crippen molar-refractivity contribution in [2.45, 2.75) is 19.8 Å². The van der Waals surface area contributed by atoms with E-state index in [9.17, 15) is 9.59 Å². The van der Waals surface area contributed by atoms with E-state index in [0.29, 0.717) is 25.2 Å². The molecule has 0 atom stereocenters. The van der Waals surface area contributed by atoms with Crippen molar-refractivity contribution >= 4 is 17.9 Å². The van der Waals surface area contributed by atoms with Gasteiger partial charge in [-0.15, -0.1) is 0 Å². The molecule has 31 heavy (non-hydrogen) atoms. The molecule has 2 aromatic rings. The number of rotatable bonds is 9. The Labute approximate surface area is 184 Å². The fourth-order valence-corrected chi connectivity index (χ4v) is 3.63. The Balaban J connectivity index is 1.42.